The lowest BCUT2D eigenvalue weighted by molar-refractivity contribution is -0.111. The van der Waals surface area contributed by atoms with E-state index in [0.29, 0.717) is 11.5 Å². The van der Waals surface area contributed by atoms with Gasteiger partial charge < -0.3 is 4.74 Å². The molecule has 1 aliphatic heterocycles. The largest absolute Gasteiger partial charge is 0.373 e. The average Bonchev–Trinajstić information content (AvgIpc) is 2.86. The monoisotopic (exact) mass is 166 g/mol. The second-order valence-corrected chi connectivity index (χ2v) is 5.47. The van der Waals surface area contributed by atoms with E-state index in [-0.39, 0.29) is 0 Å². The molecule has 3 saturated carbocycles. The Morgan fingerprint density at radius 3 is 2.50 bits per heavy atom. The lowest BCUT2D eigenvalue weighted by Gasteiger charge is -2.60. The molecule has 0 aromatic heterocycles. The fourth-order valence-electron chi connectivity index (χ4n) is 3.62. The van der Waals surface area contributed by atoms with E-state index >= 15 is 0 Å². The summed E-state index contributed by atoms with van der Waals surface area (Å²) in [6, 6.07) is 0. The van der Waals surface area contributed by atoms with Crippen molar-refractivity contribution in [3.63, 3.8) is 0 Å². The van der Waals surface area contributed by atoms with Crippen molar-refractivity contribution in [3.05, 3.63) is 0 Å². The molecule has 0 aromatic carbocycles. The van der Waals surface area contributed by atoms with Crippen molar-refractivity contribution in [1.82, 2.24) is 0 Å². The van der Waals surface area contributed by atoms with Crippen LogP contribution in [0.2, 0.25) is 0 Å². The molecule has 0 aromatic rings. The third-order valence-electron chi connectivity index (χ3n) is 4.75. The van der Waals surface area contributed by atoms with Gasteiger partial charge in [0.25, 0.3) is 0 Å². The Bertz CT molecular complexity index is 201. The summed E-state index contributed by atoms with van der Waals surface area (Å²) in [4.78, 5) is 0. The van der Waals surface area contributed by atoms with Gasteiger partial charge in [-0.05, 0) is 42.4 Å². The summed E-state index contributed by atoms with van der Waals surface area (Å²) in [5, 5.41) is 0. The molecular weight excluding hydrogens is 148 g/mol. The van der Waals surface area contributed by atoms with Crippen LogP contribution >= 0.6 is 0 Å². The summed E-state index contributed by atoms with van der Waals surface area (Å²) in [6.07, 6.45) is 5.07. The Hall–Kier alpha value is -0.0400. The van der Waals surface area contributed by atoms with Crippen molar-refractivity contribution in [2.75, 3.05) is 6.61 Å². The zero-order valence-electron chi connectivity index (χ0n) is 8.05. The highest BCUT2D eigenvalue weighted by Gasteiger charge is 2.57. The Balaban J connectivity index is 1.80. The van der Waals surface area contributed by atoms with Crippen molar-refractivity contribution in [3.8, 4) is 0 Å². The van der Waals surface area contributed by atoms with Gasteiger partial charge >= 0.3 is 0 Å². The SMILES string of the molecule is CC1(C)C2CCC([C@H]3CO3)C1C2. The van der Waals surface area contributed by atoms with E-state index in [1.54, 1.807) is 0 Å². The highest BCUT2D eigenvalue weighted by atomic mass is 16.6. The van der Waals surface area contributed by atoms with Crippen LogP contribution in [0, 0.1) is 23.2 Å². The first-order valence-corrected chi connectivity index (χ1v) is 5.31. The molecule has 3 aliphatic carbocycles. The molecule has 4 rings (SSSR count). The molecule has 0 amide bonds. The van der Waals surface area contributed by atoms with Gasteiger partial charge in [0.15, 0.2) is 0 Å². The maximum atomic E-state index is 5.44. The zero-order chi connectivity index (χ0) is 8.34. The standard InChI is InChI=1S/C11H18O/c1-11(2)7-3-4-8(9(11)5-7)10-6-12-10/h7-10H,3-6H2,1-2H3/t7?,8?,9?,10-/m1/s1. The molecular formula is C11H18O. The van der Waals surface area contributed by atoms with Gasteiger partial charge in [-0.2, -0.15) is 0 Å². The predicted molar refractivity (Wildman–Crippen MR) is 47.8 cm³/mol. The highest BCUT2D eigenvalue weighted by Crippen LogP contribution is 2.63. The summed E-state index contributed by atoms with van der Waals surface area (Å²) < 4.78 is 5.44. The number of hydrogen-bond donors (Lipinski definition) is 0. The summed E-state index contributed by atoms with van der Waals surface area (Å²) in [5.74, 6) is 2.95. The molecule has 4 aliphatic rings. The molecule has 1 heteroatoms. The lowest BCUT2D eigenvalue weighted by atomic mass is 9.45. The predicted octanol–water partition coefficient (Wildman–Crippen LogP) is 2.46. The maximum absolute atomic E-state index is 5.44. The first-order chi connectivity index (χ1) is 5.69. The topological polar surface area (TPSA) is 12.5 Å². The first-order valence-electron chi connectivity index (χ1n) is 5.31. The molecule has 0 radical (unpaired) electrons. The van der Waals surface area contributed by atoms with Crippen molar-refractivity contribution >= 4 is 0 Å². The maximum Gasteiger partial charge on any atom is 0.0840 e. The van der Waals surface area contributed by atoms with Crippen molar-refractivity contribution in [1.29, 1.82) is 0 Å². The van der Waals surface area contributed by atoms with Crippen LogP contribution in [0.25, 0.3) is 0 Å². The van der Waals surface area contributed by atoms with Crippen LogP contribution in [0.1, 0.15) is 33.1 Å². The molecule has 1 heterocycles. The van der Waals surface area contributed by atoms with E-state index in [2.05, 4.69) is 13.8 Å². The van der Waals surface area contributed by atoms with Crippen molar-refractivity contribution in [2.24, 2.45) is 23.2 Å². The fourth-order valence-corrected chi connectivity index (χ4v) is 3.62. The smallest absolute Gasteiger partial charge is 0.0840 e. The van der Waals surface area contributed by atoms with Crippen LogP contribution in [0.4, 0.5) is 0 Å². The fraction of sp³-hybridized carbons (Fsp3) is 1.00. The molecule has 1 saturated heterocycles. The summed E-state index contributed by atoms with van der Waals surface area (Å²) in [7, 11) is 0. The highest BCUT2D eigenvalue weighted by molar-refractivity contribution is 5.06. The molecule has 4 atom stereocenters. The number of rotatable bonds is 1. The van der Waals surface area contributed by atoms with Gasteiger partial charge in [-0.1, -0.05) is 13.8 Å². The molecule has 68 valence electrons. The van der Waals surface area contributed by atoms with Crippen molar-refractivity contribution < 1.29 is 4.74 Å². The third-order valence-corrected chi connectivity index (χ3v) is 4.75. The number of ether oxygens (including phenoxy) is 1. The van der Waals surface area contributed by atoms with Gasteiger partial charge in [-0.3, -0.25) is 0 Å². The van der Waals surface area contributed by atoms with E-state index < -0.39 is 0 Å². The van der Waals surface area contributed by atoms with Crippen molar-refractivity contribution in [2.45, 2.75) is 39.2 Å². The van der Waals surface area contributed by atoms with E-state index in [1.807, 2.05) is 0 Å². The van der Waals surface area contributed by atoms with Crippen LogP contribution in [0.15, 0.2) is 0 Å². The van der Waals surface area contributed by atoms with E-state index in [0.717, 1.165) is 24.4 Å². The summed E-state index contributed by atoms with van der Waals surface area (Å²) in [6.45, 7) is 5.97. The Morgan fingerprint density at radius 2 is 2.00 bits per heavy atom. The molecule has 3 unspecified atom stereocenters. The molecule has 4 fully saturated rings. The van der Waals surface area contributed by atoms with Gasteiger partial charge in [-0.25, -0.2) is 0 Å². The minimum Gasteiger partial charge on any atom is -0.373 e. The number of hydrogen-bond acceptors (Lipinski definition) is 1. The van der Waals surface area contributed by atoms with Crippen LogP contribution in [0.3, 0.4) is 0 Å². The van der Waals surface area contributed by atoms with E-state index in [9.17, 15) is 0 Å². The molecule has 0 N–H and O–H groups in total. The first kappa shape index (κ1) is 7.37. The molecule has 2 bridgehead atoms. The van der Waals surface area contributed by atoms with Gasteiger partial charge in [0.1, 0.15) is 0 Å². The normalized spacial score (nSPS) is 54.5. The second kappa shape index (κ2) is 2.06. The van der Waals surface area contributed by atoms with Gasteiger partial charge in [0.05, 0.1) is 12.7 Å². The Morgan fingerprint density at radius 1 is 1.25 bits per heavy atom. The van der Waals surface area contributed by atoms with Crippen LogP contribution in [-0.2, 0) is 4.74 Å². The van der Waals surface area contributed by atoms with Crippen LogP contribution in [0.5, 0.6) is 0 Å². The second-order valence-electron chi connectivity index (χ2n) is 5.47. The molecule has 0 spiro atoms. The number of fused-ring (bicyclic) bond motifs is 2. The minimum absolute atomic E-state index is 0.648. The molecule has 1 nitrogen and oxygen atoms in total. The van der Waals surface area contributed by atoms with Gasteiger partial charge in [-0.15, -0.1) is 0 Å². The average molecular weight is 166 g/mol. The lowest BCUT2D eigenvalue weighted by Crippen LogP contribution is -2.53. The Labute approximate surface area is 74.5 Å². The third kappa shape index (κ3) is 0.783. The minimum atomic E-state index is 0.648. The summed E-state index contributed by atoms with van der Waals surface area (Å²) in [5.41, 5.74) is 0.648. The van der Waals surface area contributed by atoms with Crippen LogP contribution in [-0.4, -0.2) is 12.7 Å². The zero-order valence-corrected chi connectivity index (χ0v) is 8.05. The van der Waals surface area contributed by atoms with Gasteiger partial charge in [0, 0.05) is 0 Å². The van der Waals surface area contributed by atoms with E-state index in [4.69, 9.17) is 4.74 Å². The van der Waals surface area contributed by atoms with E-state index in [1.165, 1.54) is 19.3 Å². The molecule has 12 heavy (non-hydrogen) atoms. The number of epoxide rings is 1. The quantitative estimate of drug-likeness (QED) is 0.545. The Kier molecular flexibility index (Phi) is 1.27. The van der Waals surface area contributed by atoms with Gasteiger partial charge in [0.2, 0.25) is 0 Å². The summed E-state index contributed by atoms with van der Waals surface area (Å²) >= 11 is 0. The van der Waals surface area contributed by atoms with Crippen LogP contribution < -0.4 is 0 Å².